The van der Waals surface area contributed by atoms with Crippen LogP contribution in [0.5, 0.6) is 5.75 Å². The minimum atomic E-state index is -1.23. The van der Waals surface area contributed by atoms with Crippen molar-refractivity contribution in [3.8, 4) is 5.75 Å². The van der Waals surface area contributed by atoms with E-state index in [1.807, 2.05) is 24.3 Å². The molecule has 2 aromatic rings. The standard InChI is InChI=1S/C15H15F2NOS/c1-2-20-13-6-4-3-5-10(13)9-18-12-8-7-11(16)14(17)15(12)19/h3-8,18-19H,2,9H2,1H3. The molecule has 2 nitrogen and oxygen atoms in total. The molecule has 106 valence electrons. The largest absolute Gasteiger partial charge is 0.503 e. The second kappa shape index (κ2) is 6.61. The van der Waals surface area contributed by atoms with E-state index in [2.05, 4.69) is 12.2 Å². The molecule has 5 heteroatoms. The number of thioether (sulfide) groups is 1. The van der Waals surface area contributed by atoms with Gasteiger partial charge in [-0.2, -0.15) is 4.39 Å². The number of benzene rings is 2. The number of aromatic hydroxyl groups is 1. The average Bonchev–Trinajstić information content (AvgIpc) is 2.46. The Hall–Kier alpha value is -1.75. The van der Waals surface area contributed by atoms with Crippen molar-refractivity contribution in [1.82, 2.24) is 0 Å². The molecule has 20 heavy (non-hydrogen) atoms. The number of hydrogen-bond donors (Lipinski definition) is 2. The van der Waals surface area contributed by atoms with Gasteiger partial charge in [0.25, 0.3) is 0 Å². The molecule has 0 unspecified atom stereocenters. The molecule has 0 bridgehead atoms. The highest BCUT2D eigenvalue weighted by atomic mass is 32.2. The predicted octanol–water partition coefficient (Wildman–Crippen LogP) is 4.39. The van der Waals surface area contributed by atoms with Crippen LogP contribution in [-0.4, -0.2) is 10.9 Å². The predicted molar refractivity (Wildman–Crippen MR) is 78.2 cm³/mol. The van der Waals surface area contributed by atoms with Crippen molar-refractivity contribution in [3.63, 3.8) is 0 Å². The summed E-state index contributed by atoms with van der Waals surface area (Å²) in [5, 5.41) is 12.5. The van der Waals surface area contributed by atoms with Crippen LogP contribution in [0.4, 0.5) is 14.5 Å². The molecule has 2 aromatic carbocycles. The van der Waals surface area contributed by atoms with Crippen LogP contribution < -0.4 is 5.32 Å². The van der Waals surface area contributed by atoms with Crippen molar-refractivity contribution in [3.05, 3.63) is 53.6 Å². The summed E-state index contributed by atoms with van der Waals surface area (Å²) in [6.07, 6.45) is 0. The molecule has 0 aliphatic rings. The molecule has 0 aliphatic carbocycles. The first-order chi connectivity index (χ1) is 9.63. The fourth-order valence-electron chi connectivity index (χ4n) is 1.82. The Morgan fingerprint density at radius 3 is 2.65 bits per heavy atom. The Morgan fingerprint density at radius 1 is 1.15 bits per heavy atom. The Bertz CT molecular complexity index is 604. The van der Waals surface area contributed by atoms with Crippen LogP contribution in [0.25, 0.3) is 0 Å². The summed E-state index contributed by atoms with van der Waals surface area (Å²) in [5.74, 6) is -2.03. The highest BCUT2D eigenvalue weighted by molar-refractivity contribution is 7.99. The van der Waals surface area contributed by atoms with Gasteiger partial charge in [0.1, 0.15) is 0 Å². The third-order valence-electron chi connectivity index (χ3n) is 2.81. The van der Waals surface area contributed by atoms with Crippen LogP contribution in [-0.2, 0) is 6.54 Å². The van der Waals surface area contributed by atoms with Gasteiger partial charge in [0.15, 0.2) is 11.6 Å². The summed E-state index contributed by atoms with van der Waals surface area (Å²) in [5.41, 5.74) is 1.23. The summed E-state index contributed by atoms with van der Waals surface area (Å²) in [6.45, 7) is 2.50. The number of anilines is 1. The van der Waals surface area contributed by atoms with Crippen molar-refractivity contribution in [2.75, 3.05) is 11.1 Å². The van der Waals surface area contributed by atoms with Gasteiger partial charge in [0.2, 0.25) is 5.82 Å². The van der Waals surface area contributed by atoms with Crippen LogP contribution in [0.3, 0.4) is 0 Å². The molecule has 0 saturated heterocycles. The average molecular weight is 295 g/mol. The lowest BCUT2D eigenvalue weighted by Crippen LogP contribution is -2.02. The molecule has 0 heterocycles. The van der Waals surface area contributed by atoms with E-state index in [9.17, 15) is 13.9 Å². The van der Waals surface area contributed by atoms with Crippen molar-refractivity contribution in [1.29, 1.82) is 0 Å². The zero-order valence-electron chi connectivity index (χ0n) is 11.0. The molecule has 0 spiro atoms. The smallest absolute Gasteiger partial charge is 0.202 e. The van der Waals surface area contributed by atoms with E-state index in [-0.39, 0.29) is 5.69 Å². The summed E-state index contributed by atoms with van der Waals surface area (Å²) in [7, 11) is 0. The van der Waals surface area contributed by atoms with E-state index in [0.29, 0.717) is 6.54 Å². The SMILES string of the molecule is CCSc1ccccc1CNc1ccc(F)c(F)c1O. The summed E-state index contributed by atoms with van der Waals surface area (Å²) in [4.78, 5) is 1.13. The van der Waals surface area contributed by atoms with E-state index >= 15 is 0 Å². The first-order valence-electron chi connectivity index (χ1n) is 6.25. The van der Waals surface area contributed by atoms with Gasteiger partial charge in [-0.15, -0.1) is 11.8 Å². The normalized spacial score (nSPS) is 10.6. The van der Waals surface area contributed by atoms with Crippen molar-refractivity contribution < 1.29 is 13.9 Å². The highest BCUT2D eigenvalue weighted by Crippen LogP contribution is 2.29. The van der Waals surface area contributed by atoms with E-state index in [0.717, 1.165) is 22.3 Å². The van der Waals surface area contributed by atoms with Gasteiger partial charge in [0.05, 0.1) is 5.69 Å². The fourth-order valence-corrected chi connectivity index (χ4v) is 2.63. The van der Waals surface area contributed by atoms with E-state index in [1.54, 1.807) is 11.8 Å². The van der Waals surface area contributed by atoms with Crippen LogP contribution in [0.15, 0.2) is 41.3 Å². The molecule has 0 saturated carbocycles. The van der Waals surface area contributed by atoms with Crippen molar-refractivity contribution >= 4 is 17.4 Å². The molecule has 0 aromatic heterocycles. The Kier molecular flexibility index (Phi) is 4.84. The Labute approximate surface area is 120 Å². The molecular formula is C15H15F2NOS. The van der Waals surface area contributed by atoms with Gasteiger partial charge < -0.3 is 10.4 Å². The molecule has 0 fully saturated rings. The van der Waals surface area contributed by atoms with Gasteiger partial charge in [0, 0.05) is 11.4 Å². The van der Waals surface area contributed by atoms with Crippen LogP contribution in [0, 0.1) is 11.6 Å². The quantitative estimate of drug-likeness (QED) is 0.633. The lowest BCUT2D eigenvalue weighted by Gasteiger charge is -2.12. The maximum atomic E-state index is 13.2. The second-order valence-electron chi connectivity index (χ2n) is 4.15. The first kappa shape index (κ1) is 14.7. The molecule has 2 rings (SSSR count). The minimum Gasteiger partial charge on any atom is -0.503 e. The molecule has 0 radical (unpaired) electrons. The monoisotopic (exact) mass is 295 g/mol. The van der Waals surface area contributed by atoms with E-state index in [1.165, 1.54) is 6.07 Å². The maximum Gasteiger partial charge on any atom is 0.202 e. The number of phenolic OH excluding ortho intramolecular Hbond substituents is 1. The van der Waals surface area contributed by atoms with Crippen LogP contribution in [0.2, 0.25) is 0 Å². The van der Waals surface area contributed by atoms with Gasteiger partial charge in [-0.05, 0) is 29.5 Å². The van der Waals surface area contributed by atoms with Gasteiger partial charge >= 0.3 is 0 Å². The third kappa shape index (κ3) is 3.22. The van der Waals surface area contributed by atoms with E-state index in [4.69, 9.17) is 0 Å². The lowest BCUT2D eigenvalue weighted by molar-refractivity contribution is 0.409. The zero-order valence-corrected chi connectivity index (χ0v) is 11.8. The van der Waals surface area contributed by atoms with Crippen molar-refractivity contribution in [2.45, 2.75) is 18.4 Å². The lowest BCUT2D eigenvalue weighted by atomic mass is 10.2. The van der Waals surface area contributed by atoms with Gasteiger partial charge in [-0.3, -0.25) is 0 Å². The summed E-state index contributed by atoms with van der Waals surface area (Å²) < 4.78 is 26.2. The number of phenols is 1. The Morgan fingerprint density at radius 2 is 1.90 bits per heavy atom. The third-order valence-corrected chi connectivity index (χ3v) is 3.81. The van der Waals surface area contributed by atoms with E-state index < -0.39 is 17.4 Å². The van der Waals surface area contributed by atoms with Crippen molar-refractivity contribution in [2.24, 2.45) is 0 Å². The molecule has 0 atom stereocenters. The molecule has 0 aliphatic heterocycles. The first-order valence-corrected chi connectivity index (χ1v) is 7.23. The molecular weight excluding hydrogens is 280 g/mol. The molecule has 0 amide bonds. The maximum absolute atomic E-state index is 13.2. The number of hydrogen-bond acceptors (Lipinski definition) is 3. The Balaban J connectivity index is 2.15. The highest BCUT2D eigenvalue weighted by Gasteiger charge is 2.12. The number of rotatable bonds is 5. The summed E-state index contributed by atoms with van der Waals surface area (Å²) in [6, 6.07) is 10.2. The number of halogens is 2. The second-order valence-corrected chi connectivity index (χ2v) is 5.46. The van der Waals surface area contributed by atoms with Gasteiger partial charge in [-0.1, -0.05) is 25.1 Å². The van der Waals surface area contributed by atoms with Crippen LogP contribution >= 0.6 is 11.8 Å². The topological polar surface area (TPSA) is 32.3 Å². The zero-order chi connectivity index (χ0) is 14.5. The van der Waals surface area contributed by atoms with Gasteiger partial charge in [-0.25, -0.2) is 4.39 Å². The summed E-state index contributed by atoms with van der Waals surface area (Å²) >= 11 is 1.71. The fraction of sp³-hybridized carbons (Fsp3) is 0.200. The van der Waals surface area contributed by atoms with Crippen LogP contribution in [0.1, 0.15) is 12.5 Å². The minimum absolute atomic E-state index is 0.181. The number of nitrogens with one attached hydrogen (secondary N) is 1. The molecule has 2 N–H and O–H groups in total.